The molecule has 1 aliphatic rings. The third-order valence-corrected chi connectivity index (χ3v) is 5.61. The molecular formula is C22H32N4O3. The van der Waals surface area contributed by atoms with Crippen molar-refractivity contribution >= 4 is 11.7 Å². The molecule has 1 aromatic carbocycles. The van der Waals surface area contributed by atoms with Gasteiger partial charge in [0.15, 0.2) is 11.5 Å². The van der Waals surface area contributed by atoms with Crippen LogP contribution in [-0.2, 0) is 6.54 Å². The first kappa shape index (κ1) is 21.0. The smallest absolute Gasteiger partial charge is 0.321 e. The number of hydrogen-bond donors (Lipinski definition) is 1. The number of ether oxygens (including phenoxy) is 2. The van der Waals surface area contributed by atoms with E-state index in [1.165, 1.54) is 25.7 Å². The van der Waals surface area contributed by atoms with Gasteiger partial charge in [0, 0.05) is 43.3 Å². The van der Waals surface area contributed by atoms with Gasteiger partial charge in [-0.2, -0.15) is 0 Å². The summed E-state index contributed by atoms with van der Waals surface area (Å²) in [6.45, 7) is 4.21. The van der Waals surface area contributed by atoms with Crippen LogP contribution in [0.2, 0.25) is 0 Å². The molecular weight excluding hydrogens is 368 g/mol. The van der Waals surface area contributed by atoms with Crippen LogP contribution >= 0.6 is 0 Å². The van der Waals surface area contributed by atoms with Gasteiger partial charge in [-0.3, -0.25) is 4.90 Å². The Labute approximate surface area is 173 Å². The molecule has 2 amide bonds. The number of aryl methyl sites for hydroxylation is 2. The number of nitrogens with zero attached hydrogens (tertiary/aromatic N) is 3. The first-order valence-electron chi connectivity index (χ1n) is 10.4. The lowest BCUT2D eigenvalue weighted by Crippen LogP contribution is -2.43. The van der Waals surface area contributed by atoms with E-state index in [4.69, 9.17) is 9.47 Å². The molecule has 0 atom stereocenters. The quantitative estimate of drug-likeness (QED) is 0.646. The highest BCUT2D eigenvalue weighted by atomic mass is 16.5. The molecule has 1 N–H and O–H groups in total. The monoisotopic (exact) mass is 400 g/mol. The van der Waals surface area contributed by atoms with Crippen molar-refractivity contribution in [2.24, 2.45) is 5.92 Å². The largest absolute Gasteiger partial charge is 0.493 e. The second kappa shape index (κ2) is 10.2. The number of anilines is 1. The van der Waals surface area contributed by atoms with Crippen molar-refractivity contribution in [1.82, 2.24) is 14.9 Å². The molecule has 1 aromatic heterocycles. The first-order chi connectivity index (χ1) is 14.1. The molecule has 158 valence electrons. The molecule has 0 aliphatic heterocycles. The maximum absolute atomic E-state index is 13.0. The predicted octanol–water partition coefficient (Wildman–Crippen LogP) is 4.01. The molecule has 7 heteroatoms. The highest BCUT2D eigenvalue weighted by Crippen LogP contribution is 2.33. The number of amides is 2. The van der Waals surface area contributed by atoms with Crippen molar-refractivity contribution in [3.63, 3.8) is 0 Å². The van der Waals surface area contributed by atoms with Crippen LogP contribution in [0.5, 0.6) is 11.5 Å². The zero-order valence-corrected chi connectivity index (χ0v) is 17.7. The summed E-state index contributed by atoms with van der Waals surface area (Å²) in [5, 5.41) is 3.08. The Morgan fingerprint density at radius 3 is 2.66 bits per heavy atom. The van der Waals surface area contributed by atoms with Gasteiger partial charge in [-0.25, -0.2) is 9.78 Å². The molecule has 0 unspecified atom stereocenters. The van der Waals surface area contributed by atoms with Crippen LogP contribution in [0.4, 0.5) is 10.5 Å². The molecule has 3 rings (SSSR count). The van der Waals surface area contributed by atoms with Crippen molar-refractivity contribution in [2.45, 2.75) is 45.6 Å². The van der Waals surface area contributed by atoms with Crippen LogP contribution in [0.15, 0.2) is 30.7 Å². The lowest BCUT2D eigenvalue weighted by atomic mass is 10.1. The summed E-state index contributed by atoms with van der Waals surface area (Å²) in [6, 6.07) is 5.59. The highest BCUT2D eigenvalue weighted by molar-refractivity contribution is 5.92. The van der Waals surface area contributed by atoms with Crippen LogP contribution in [0, 0.1) is 12.8 Å². The van der Waals surface area contributed by atoms with Crippen LogP contribution in [0.1, 0.15) is 37.8 Å². The summed E-state index contributed by atoms with van der Waals surface area (Å²) in [5.41, 5.74) is 1.96. The van der Waals surface area contributed by atoms with E-state index in [0.29, 0.717) is 24.0 Å². The van der Waals surface area contributed by atoms with E-state index >= 15 is 0 Å². The van der Waals surface area contributed by atoms with E-state index in [0.717, 1.165) is 30.9 Å². The third kappa shape index (κ3) is 5.43. The average molecular weight is 401 g/mol. The zero-order valence-electron chi connectivity index (χ0n) is 17.7. The molecule has 0 radical (unpaired) electrons. The molecule has 0 saturated heterocycles. The SMILES string of the molecule is COc1ccc(N(CC2CCCC2)C(=O)NCCCn2cncc2C)cc1OC. The van der Waals surface area contributed by atoms with Crippen LogP contribution in [0.25, 0.3) is 0 Å². The van der Waals surface area contributed by atoms with Crippen molar-refractivity contribution in [2.75, 3.05) is 32.2 Å². The number of aromatic nitrogens is 2. The summed E-state index contributed by atoms with van der Waals surface area (Å²) in [7, 11) is 3.23. The van der Waals surface area contributed by atoms with E-state index in [1.807, 2.05) is 42.5 Å². The van der Waals surface area contributed by atoms with Gasteiger partial charge < -0.3 is 19.4 Å². The third-order valence-electron chi connectivity index (χ3n) is 5.61. The fourth-order valence-electron chi connectivity index (χ4n) is 3.91. The van der Waals surface area contributed by atoms with Gasteiger partial charge in [0.1, 0.15) is 0 Å². The minimum Gasteiger partial charge on any atom is -0.493 e. The van der Waals surface area contributed by atoms with Crippen LogP contribution in [-0.4, -0.2) is 42.9 Å². The Balaban J connectivity index is 1.65. The van der Waals surface area contributed by atoms with Crippen molar-refractivity contribution in [3.8, 4) is 11.5 Å². The maximum atomic E-state index is 13.0. The maximum Gasteiger partial charge on any atom is 0.321 e. The number of benzene rings is 1. The molecule has 29 heavy (non-hydrogen) atoms. The van der Waals surface area contributed by atoms with Gasteiger partial charge in [-0.15, -0.1) is 0 Å². The predicted molar refractivity (Wildman–Crippen MR) is 114 cm³/mol. The van der Waals surface area contributed by atoms with Crippen molar-refractivity contribution in [1.29, 1.82) is 0 Å². The van der Waals surface area contributed by atoms with E-state index in [9.17, 15) is 4.79 Å². The zero-order chi connectivity index (χ0) is 20.6. The summed E-state index contributed by atoms with van der Waals surface area (Å²) in [5.74, 6) is 1.83. The second-order valence-electron chi connectivity index (χ2n) is 7.61. The van der Waals surface area contributed by atoms with E-state index in [2.05, 4.69) is 14.9 Å². The molecule has 0 bridgehead atoms. The minimum atomic E-state index is -0.0635. The van der Waals surface area contributed by atoms with E-state index < -0.39 is 0 Å². The summed E-state index contributed by atoms with van der Waals surface area (Å²) < 4.78 is 12.9. The Bertz CT molecular complexity index is 799. The normalized spacial score (nSPS) is 14.0. The molecule has 7 nitrogen and oxygen atoms in total. The molecule has 1 heterocycles. The molecule has 2 aromatic rings. The summed E-state index contributed by atoms with van der Waals surface area (Å²) in [6.07, 6.45) is 9.37. The van der Waals surface area contributed by atoms with Crippen LogP contribution in [0.3, 0.4) is 0 Å². The average Bonchev–Trinajstić information content (AvgIpc) is 3.40. The molecule has 1 aliphatic carbocycles. The summed E-state index contributed by atoms with van der Waals surface area (Å²) in [4.78, 5) is 19.0. The topological polar surface area (TPSA) is 68.6 Å². The lowest BCUT2D eigenvalue weighted by molar-refractivity contribution is 0.244. The van der Waals surface area contributed by atoms with E-state index in [-0.39, 0.29) is 6.03 Å². The van der Waals surface area contributed by atoms with Gasteiger partial charge in [-0.05, 0) is 44.2 Å². The number of urea groups is 1. The molecule has 0 spiro atoms. The number of rotatable bonds is 9. The van der Waals surface area contributed by atoms with Gasteiger partial charge in [-0.1, -0.05) is 12.8 Å². The highest BCUT2D eigenvalue weighted by Gasteiger charge is 2.24. The Hall–Kier alpha value is -2.70. The van der Waals surface area contributed by atoms with Crippen molar-refractivity contribution in [3.05, 3.63) is 36.4 Å². The minimum absolute atomic E-state index is 0.0635. The number of hydrogen-bond acceptors (Lipinski definition) is 4. The van der Waals surface area contributed by atoms with Gasteiger partial charge in [0.2, 0.25) is 0 Å². The van der Waals surface area contributed by atoms with Gasteiger partial charge >= 0.3 is 6.03 Å². The standard InChI is InChI=1S/C22H32N4O3/c1-17-14-23-16-25(17)12-6-11-24-22(27)26(15-18-7-4-5-8-18)19-9-10-20(28-2)21(13-19)29-3/h9-10,13-14,16,18H,4-8,11-12,15H2,1-3H3,(H,24,27). The number of imidazole rings is 1. The number of carbonyl (C=O) groups is 1. The van der Waals surface area contributed by atoms with Gasteiger partial charge in [0.25, 0.3) is 0 Å². The van der Waals surface area contributed by atoms with E-state index in [1.54, 1.807) is 14.2 Å². The molecule has 1 fully saturated rings. The summed E-state index contributed by atoms with van der Waals surface area (Å²) >= 11 is 0. The fourth-order valence-corrected chi connectivity index (χ4v) is 3.91. The van der Waals surface area contributed by atoms with Crippen LogP contribution < -0.4 is 19.7 Å². The van der Waals surface area contributed by atoms with Gasteiger partial charge in [0.05, 0.1) is 20.5 Å². The number of carbonyl (C=O) groups excluding carboxylic acids is 1. The Morgan fingerprint density at radius 2 is 2.00 bits per heavy atom. The first-order valence-corrected chi connectivity index (χ1v) is 10.4. The number of methoxy groups -OCH3 is 2. The Morgan fingerprint density at radius 1 is 1.24 bits per heavy atom. The second-order valence-corrected chi connectivity index (χ2v) is 7.61. The van der Waals surface area contributed by atoms with Crippen molar-refractivity contribution < 1.29 is 14.3 Å². The lowest BCUT2D eigenvalue weighted by Gasteiger charge is -2.27. The number of nitrogens with one attached hydrogen (secondary N) is 1. The Kier molecular flexibility index (Phi) is 7.38. The fraction of sp³-hybridized carbons (Fsp3) is 0.545. The molecule has 1 saturated carbocycles.